The molecule has 104 valence electrons. The van der Waals surface area contributed by atoms with Crippen molar-refractivity contribution < 1.29 is 4.39 Å². The lowest BCUT2D eigenvalue weighted by molar-refractivity contribution is 0.614. The normalized spacial score (nSPS) is 14.1. The number of aryl methyl sites for hydroxylation is 1. The average molecular weight is 289 g/mol. The van der Waals surface area contributed by atoms with Crippen LogP contribution in [0, 0.1) is 5.82 Å². The summed E-state index contributed by atoms with van der Waals surface area (Å²) in [6, 6.07) is 4.74. The molecule has 0 radical (unpaired) electrons. The van der Waals surface area contributed by atoms with Crippen LogP contribution in [0.25, 0.3) is 0 Å². The second kappa shape index (κ2) is 5.32. The van der Waals surface area contributed by atoms with Crippen molar-refractivity contribution in [3.63, 3.8) is 0 Å². The summed E-state index contributed by atoms with van der Waals surface area (Å²) in [5.41, 5.74) is 9.47. The highest BCUT2D eigenvalue weighted by molar-refractivity contribution is 7.80. The van der Waals surface area contributed by atoms with E-state index in [-0.39, 0.29) is 10.8 Å². The molecule has 3 nitrogen and oxygen atoms in total. The summed E-state index contributed by atoms with van der Waals surface area (Å²) in [5.74, 6) is -0.306. The molecule has 0 amide bonds. The predicted octanol–water partition coefficient (Wildman–Crippen LogP) is 2.58. The summed E-state index contributed by atoms with van der Waals surface area (Å²) in [5, 5.41) is 0. The van der Waals surface area contributed by atoms with Gasteiger partial charge in [0.15, 0.2) is 0 Å². The van der Waals surface area contributed by atoms with E-state index in [2.05, 4.69) is 9.55 Å². The number of aromatic nitrogens is 2. The van der Waals surface area contributed by atoms with E-state index in [1.165, 1.54) is 36.4 Å². The van der Waals surface area contributed by atoms with Crippen molar-refractivity contribution >= 4 is 17.2 Å². The van der Waals surface area contributed by atoms with Crippen LogP contribution in [0.1, 0.15) is 35.4 Å². The summed E-state index contributed by atoms with van der Waals surface area (Å²) < 4.78 is 15.7. The van der Waals surface area contributed by atoms with Crippen molar-refractivity contribution in [2.75, 3.05) is 0 Å². The van der Waals surface area contributed by atoms with Crippen molar-refractivity contribution in [1.82, 2.24) is 9.55 Å². The molecule has 0 spiro atoms. The van der Waals surface area contributed by atoms with Crippen LogP contribution in [-0.4, -0.2) is 14.5 Å². The molecule has 0 saturated heterocycles. The van der Waals surface area contributed by atoms with E-state index in [1.807, 2.05) is 12.4 Å². The molecule has 3 rings (SSSR count). The first kappa shape index (κ1) is 13.2. The van der Waals surface area contributed by atoms with E-state index < -0.39 is 0 Å². The van der Waals surface area contributed by atoms with Gasteiger partial charge in [0, 0.05) is 17.8 Å². The van der Waals surface area contributed by atoms with Gasteiger partial charge < -0.3 is 10.3 Å². The lowest BCUT2D eigenvalue weighted by Crippen LogP contribution is -2.12. The summed E-state index contributed by atoms with van der Waals surface area (Å²) in [4.78, 5) is 4.67. The van der Waals surface area contributed by atoms with Gasteiger partial charge in [0.1, 0.15) is 10.8 Å². The first-order chi connectivity index (χ1) is 9.63. The van der Waals surface area contributed by atoms with Crippen molar-refractivity contribution in [2.45, 2.75) is 32.2 Å². The Bertz CT molecular complexity index is 663. The van der Waals surface area contributed by atoms with Crippen LogP contribution in [0.2, 0.25) is 0 Å². The fourth-order valence-electron chi connectivity index (χ4n) is 2.75. The molecule has 1 aliphatic rings. The number of imidazole rings is 1. The first-order valence-corrected chi connectivity index (χ1v) is 7.16. The van der Waals surface area contributed by atoms with Gasteiger partial charge in [-0.3, -0.25) is 0 Å². The molecular formula is C15H16FN3S. The van der Waals surface area contributed by atoms with Crippen LogP contribution in [0.3, 0.4) is 0 Å². The Labute approximate surface area is 122 Å². The highest BCUT2D eigenvalue weighted by Gasteiger charge is 2.15. The molecule has 0 unspecified atom stereocenters. The lowest BCUT2D eigenvalue weighted by atomic mass is 10.0. The SMILES string of the molecule is NC(=S)c1cc(F)cc(Cn2cnc3c2CCCC3)c1. The highest BCUT2D eigenvalue weighted by atomic mass is 32.1. The lowest BCUT2D eigenvalue weighted by Gasteiger charge is -2.14. The topological polar surface area (TPSA) is 43.8 Å². The highest BCUT2D eigenvalue weighted by Crippen LogP contribution is 2.21. The second-order valence-electron chi connectivity index (χ2n) is 5.19. The maximum absolute atomic E-state index is 13.6. The Hall–Kier alpha value is -1.75. The van der Waals surface area contributed by atoms with E-state index in [1.54, 1.807) is 0 Å². The number of hydrogen-bond acceptors (Lipinski definition) is 2. The van der Waals surface area contributed by atoms with E-state index in [4.69, 9.17) is 18.0 Å². The fourth-order valence-corrected chi connectivity index (χ4v) is 2.87. The Morgan fingerprint density at radius 1 is 1.30 bits per heavy atom. The zero-order valence-electron chi connectivity index (χ0n) is 11.1. The number of halogens is 1. The number of thiocarbonyl (C=S) groups is 1. The molecule has 0 bridgehead atoms. The maximum atomic E-state index is 13.6. The van der Waals surface area contributed by atoms with Crippen molar-refractivity contribution in [2.24, 2.45) is 5.73 Å². The predicted molar refractivity (Wildman–Crippen MR) is 80.3 cm³/mol. The average Bonchev–Trinajstić information content (AvgIpc) is 2.82. The number of nitrogens with zero attached hydrogens (tertiary/aromatic N) is 2. The van der Waals surface area contributed by atoms with Crippen LogP contribution in [0.15, 0.2) is 24.5 Å². The number of benzene rings is 1. The summed E-state index contributed by atoms with van der Waals surface area (Å²) in [6.45, 7) is 0.607. The van der Waals surface area contributed by atoms with Gasteiger partial charge in [0.25, 0.3) is 0 Å². The molecule has 0 atom stereocenters. The second-order valence-corrected chi connectivity index (χ2v) is 5.63. The smallest absolute Gasteiger partial charge is 0.124 e. The van der Waals surface area contributed by atoms with Crippen molar-refractivity contribution in [3.05, 3.63) is 52.9 Å². The summed E-state index contributed by atoms with van der Waals surface area (Å²) >= 11 is 4.92. The fraction of sp³-hybridized carbons (Fsp3) is 0.333. The molecular weight excluding hydrogens is 273 g/mol. The zero-order chi connectivity index (χ0) is 14.1. The molecule has 0 aliphatic heterocycles. The molecule has 1 aliphatic carbocycles. The Morgan fingerprint density at radius 3 is 2.90 bits per heavy atom. The molecule has 1 aromatic heterocycles. The van der Waals surface area contributed by atoms with Crippen LogP contribution in [0.5, 0.6) is 0 Å². The van der Waals surface area contributed by atoms with Gasteiger partial charge in [-0.2, -0.15) is 0 Å². The zero-order valence-corrected chi connectivity index (χ0v) is 11.9. The Morgan fingerprint density at radius 2 is 2.10 bits per heavy atom. The van der Waals surface area contributed by atoms with E-state index in [0.29, 0.717) is 12.1 Å². The number of hydrogen-bond donors (Lipinski definition) is 1. The van der Waals surface area contributed by atoms with E-state index >= 15 is 0 Å². The Kier molecular flexibility index (Phi) is 3.53. The number of nitrogens with two attached hydrogens (primary N) is 1. The monoisotopic (exact) mass is 289 g/mol. The molecule has 1 heterocycles. The minimum absolute atomic E-state index is 0.221. The quantitative estimate of drug-likeness (QED) is 0.883. The minimum Gasteiger partial charge on any atom is -0.389 e. The molecule has 0 saturated carbocycles. The van der Waals surface area contributed by atoms with Crippen LogP contribution in [0.4, 0.5) is 4.39 Å². The van der Waals surface area contributed by atoms with Gasteiger partial charge in [-0.15, -0.1) is 0 Å². The van der Waals surface area contributed by atoms with Crippen molar-refractivity contribution in [3.8, 4) is 0 Å². The van der Waals surface area contributed by atoms with Crippen LogP contribution in [-0.2, 0) is 19.4 Å². The third-order valence-corrected chi connectivity index (χ3v) is 3.94. The van der Waals surface area contributed by atoms with E-state index in [0.717, 1.165) is 18.4 Å². The molecule has 2 aromatic rings. The molecule has 2 N–H and O–H groups in total. The minimum atomic E-state index is -0.306. The first-order valence-electron chi connectivity index (χ1n) is 6.75. The van der Waals surface area contributed by atoms with Crippen LogP contribution < -0.4 is 5.73 Å². The van der Waals surface area contributed by atoms with Gasteiger partial charge >= 0.3 is 0 Å². The molecule has 0 fully saturated rings. The van der Waals surface area contributed by atoms with Gasteiger partial charge in [-0.25, -0.2) is 9.37 Å². The largest absolute Gasteiger partial charge is 0.389 e. The summed E-state index contributed by atoms with van der Waals surface area (Å²) in [6.07, 6.45) is 6.34. The maximum Gasteiger partial charge on any atom is 0.124 e. The molecule has 5 heteroatoms. The van der Waals surface area contributed by atoms with Gasteiger partial charge in [0.2, 0.25) is 0 Å². The van der Waals surface area contributed by atoms with Gasteiger partial charge in [-0.05, 0) is 49.4 Å². The number of rotatable bonds is 3. The third kappa shape index (κ3) is 2.58. The Balaban J connectivity index is 1.91. The molecule has 20 heavy (non-hydrogen) atoms. The van der Waals surface area contributed by atoms with Gasteiger partial charge in [0.05, 0.1) is 12.0 Å². The molecule has 1 aromatic carbocycles. The van der Waals surface area contributed by atoms with Crippen molar-refractivity contribution in [1.29, 1.82) is 0 Å². The standard InChI is InChI=1S/C15H16FN3S/c16-12-6-10(5-11(7-12)15(17)20)8-19-9-18-13-3-1-2-4-14(13)19/h5-7,9H,1-4,8H2,(H2,17,20). The number of fused-ring (bicyclic) bond motifs is 1. The van der Waals surface area contributed by atoms with Gasteiger partial charge in [-0.1, -0.05) is 12.2 Å². The third-order valence-electron chi connectivity index (χ3n) is 3.70. The van der Waals surface area contributed by atoms with E-state index in [9.17, 15) is 4.39 Å². The van der Waals surface area contributed by atoms with Crippen LogP contribution >= 0.6 is 12.2 Å². The summed E-state index contributed by atoms with van der Waals surface area (Å²) in [7, 11) is 0.